The molecule has 0 saturated heterocycles. The molecule has 0 aromatic heterocycles. The second-order valence-electron chi connectivity index (χ2n) is 18.5. The van der Waals surface area contributed by atoms with Crippen LogP contribution in [0.5, 0.6) is 0 Å². The summed E-state index contributed by atoms with van der Waals surface area (Å²) in [7, 11) is 0. The molecule has 1 nitrogen and oxygen atoms in total. The van der Waals surface area contributed by atoms with Gasteiger partial charge < -0.3 is 4.90 Å². The largest absolute Gasteiger partial charge is 0.310 e. The first kappa shape index (κ1) is 39.8. The number of rotatable bonds is 7. The molecular formula is C67H47N. The SMILES string of the molecule is Cc1cccc(N(c2cccc(C)c2)c2ccc(-c3cc4c5ccccc5c(-c5cccc6c5C(c5ccccc5)(c5ccccc5)c5ccccc5-6)cc4c4ccccc34)c3ccccc23)c1. The number of benzene rings is 12. The van der Waals surface area contributed by atoms with Gasteiger partial charge in [0.05, 0.1) is 11.1 Å². The summed E-state index contributed by atoms with van der Waals surface area (Å²) >= 11 is 0. The summed E-state index contributed by atoms with van der Waals surface area (Å²) in [5.74, 6) is 0. The topological polar surface area (TPSA) is 3.24 Å². The molecule has 0 amide bonds. The van der Waals surface area contributed by atoms with Crippen molar-refractivity contribution in [2.24, 2.45) is 0 Å². The monoisotopic (exact) mass is 865 g/mol. The summed E-state index contributed by atoms with van der Waals surface area (Å²) in [4.78, 5) is 2.42. The standard InChI is InChI=1S/C67H47N/c1-44-20-17-26-48(40-44)68(49-27-18-21-45(2)41-49)65-39-38-55(50-28-13-14-34-57(50)65)60-42-62-54-32-12-10-30-52(54)61(43-63(62)53-31-11-9-29-51(53)60)59-36-19-35-58-56-33-15-16-37-64(56)67(66(58)59,46-22-5-3-6-23-46)47-24-7-4-8-25-47/h3-43H,1-2H3. The molecule has 0 atom stereocenters. The van der Waals surface area contributed by atoms with E-state index in [9.17, 15) is 0 Å². The highest BCUT2D eigenvalue weighted by Crippen LogP contribution is 2.59. The van der Waals surface area contributed by atoms with Crippen LogP contribution in [0.4, 0.5) is 17.1 Å². The van der Waals surface area contributed by atoms with Crippen molar-refractivity contribution in [3.05, 3.63) is 282 Å². The lowest BCUT2D eigenvalue weighted by molar-refractivity contribution is 0.770. The second-order valence-corrected chi connectivity index (χ2v) is 18.5. The van der Waals surface area contributed by atoms with Crippen LogP contribution in [0, 0.1) is 13.8 Å². The molecule has 68 heavy (non-hydrogen) atoms. The maximum absolute atomic E-state index is 2.51. The number of nitrogens with zero attached hydrogens (tertiary/aromatic N) is 1. The predicted molar refractivity (Wildman–Crippen MR) is 289 cm³/mol. The van der Waals surface area contributed by atoms with Crippen LogP contribution < -0.4 is 4.90 Å². The van der Waals surface area contributed by atoms with E-state index in [2.05, 4.69) is 267 Å². The van der Waals surface area contributed by atoms with Crippen LogP contribution in [-0.2, 0) is 5.41 Å². The molecule has 13 rings (SSSR count). The summed E-state index contributed by atoms with van der Waals surface area (Å²) in [5, 5.41) is 9.90. The van der Waals surface area contributed by atoms with Gasteiger partial charge in [-0.3, -0.25) is 0 Å². The van der Waals surface area contributed by atoms with Crippen LogP contribution in [0.1, 0.15) is 33.4 Å². The zero-order chi connectivity index (χ0) is 45.3. The molecule has 0 heterocycles. The van der Waals surface area contributed by atoms with Crippen LogP contribution in [0.25, 0.3) is 76.5 Å². The van der Waals surface area contributed by atoms with Crippen LogP contribution >= 0.6 is 0 Å². The quantitative estimate of drug-likeness (QED) is 0.144. The van der Waals surface area contributed by atoms with Crippen LogP contribution in [0.15, 0.2) is 249 Å². The average molecular weight is 866 g/mol. The molecule has 320 valence electrons. The first-order chi connectivity index (χ1) is 33.6. The van der Waals surface area contributed by atoms with E-state index in [1.165, 1.54) is 110 Å². The van der Waals surface area contributed by atoms with Crippen LogP contribution in [-0.4, -0.2) is 0 Å². The summed E-state index contributed by atoms with van der Waals surface area (Å²) in [6.45, 7) is 4.34. The Balaban J connectivity index is 1.08. The highest BCUT2D eigenvalue weighted by atomic mass is 15.1. The Morgan fingerprint density at radius 2 is 0.706 bits per heavy atom. The van der Waals surface area contributed by atoms with E-state index >= 15 is 0 Å². The van der Waals surface area contributed by atoms with Crippen molar-refractivity contribution < 1.29 is 0 Å². The smallest absolute Gasteiger partial charge is 0.0719 e. The van der Waals surface area contributed by atoms with Gasteiger partial charge in [-0.1, -0.05) is 206 Å². The predicted octanol–water partition coefficient (Wildman–Crippen LogP) is 18.1. The van der Waals surface area contributed by atoms with Gasteiger partial charge in [0.25, 0.3) is 0 Å². The van der Waals surface area contributed by atoms with E-state index in [0.29, 0.717) is 0 Å². The van der Waals surface area contributed by atoms with Gasteiger partial charge >= 0.3 is 0 Å². The van der Waals surface area contributed by atoms with Crippen molar-refractivity contribution in [1.29, 1.82) is 0 Å². The number of fused-ring (bicyclic) bond motifs is 9. The molecule has 0 aliphatic heterocycles. The van der Waals surface area contributed by atoms with Gasteiger partial charge in [0.15, 0.2) is 0 Å². The molecular weight excluding hydrogens is 819 g/mol. The molecule has 0 N–H and O–H groups in total. The second kappa shape index (κ2) is 15.8. The van der Waals surface area contributed by atoms with Crippen LogP contribution in [0.2, 0.25) is 0 Å². The zero-order valence-corrected chi connectivity index (χ0v) is 38.1. The maximum atomic E-state index is 2.51. The third kappa shape index (κ3) is 6.02. The minimum absolute atomic E-state index is 0.533. The Bertz CT molecular complexity index is 3850. The number of hydrogen-bond acceptors (Lipinski definition) is 1. The van der Waals surface area contributed by atoms with Crippen molar-refractivity contribution in [3.63, 3.8) is 0 Å². The molecule has 0 spiro atoms. The van der Waals surface area contributed by atoms with E-state index in [-0.39, 0.29) is 0 Å². The fourth-order valence-corrected chi connectivity index (χ4v) is 11.8. The summed E-state index contributed by atoms with van der Waals surface area (Å²) in [5.41, 5.74) is 18.1. The Kier molecular flexibility index (Phi) is 9.27. The van der Waals surface area contributed by atoms with Gasteiger partial charge in [-0.25, -0.2) is 0 Å². The van der Waals surface area contributed by atoms with Crippen molar-refractivity contribution in [1.82, 2.24) is 0 Å². The first-order valence-corrected chi connectivity index (χ1v) is 23.8. The zero-order valence-electron chi connectivity index (χ0n) is 38.1. The molecule has 0 bridgehead atoms. The normalized spacial score (nSPS) is 12.7. The molecule has 1 aliphatic carbocycles. The fourth-order valence-electron chi connectivity index (χ4n) is 11.8. The van der Waals surface area contributed by atoms with Gasteiger partial charge in [0.2, 0.25) is 0 Å². The van der Waals surface area contributed by atoms with Crippen molar-refractivity contribution >= 4 is 60.2 Å². The van der Waals surface area contributed by atoms with E-state index in [1.54, 1.807) is 0 Å². The summed E-state index contributed by atoms with van der Waals surface area (Å²) in [6.07, 6.45) is 0. The van der Waals surface area contributed by atoms with Gasteiger partial charge in [-0.2, -0.15) is 0 Å². The summed E-state index contributed by atoms with van der Waals surface area (Å²) < 4.78 is 0. The average Bonchev–Trinajstić information content (AvgIpc) is 3.70. The van der Waals surface area contributed by atoms with Crippen molar-refractivity contribution in [2.45, 2.75) is 19.3 Å². The molecule has 0 radical (unpaired) electrons. The third-order valence-electron chi connectivity index (χ3n) is 14.6. The Labute approximate surface area is 397 Å². The fraction of sp³-hybridized carbons (Fsp3) is 0.0448. The van der Waals surface area contributed by atoms with Crippen LogP contribution in [0.3, 0.4) is 0 Å². The Hall–Kier alpha value is -8.52. The van der Waals surface area contributed by atoms with Gasteiger partial charge in [-0.05, 0) is 161 Å². The van der Waals surface area contributed by atoms with Gasteiger partial charge in [0, 0.05) is 16.8 Å². The molecule has 1 heteroatoms. The number of hydrogen-bond donors (Lipinski definition) is 0. The minimum atomic E-state index is -0.533. The minimum Gasteiger partial charge on any atom is -0.310 e. The molecule has 1 aliphatic rings. The van der Waals surface area contributed by atoms with E-state index in [1.807, 2.05) is 0 Å². The van der Waals surface area contributed by atoms with E-state index in [0.717, 1.165) is 17.1 Å². The Morgan fingerprint density at radius 1 is 0.279 bits per heavy atom. The molecule has 0 fully saturated rings. The highest BCUT2D eigenvalue weighted by molar-refractivity contribution is 6.25. The van der Waals surface area contributed by atoms with Gasteiger partial charge in [0.1, 0.15) is 0 Å². The highest BCUT2D eigenvalue weighted by Gasteiger charge is 2.47. The molecule has 12 aromatic rings. The lowest BCUT2D eigenvalue weighted by atomic mass is 9.66. The van der Waals surface area contributed by atoms with Gasteiger partial charge in [-0.15, -0.1) is 0 Å². The van der Waals surface area contributed by atoms with Crippen molar-refractivity contribution in [3.8, 4) is 33.4 Å². The maximum Gasteiger partial charge on any atom is 0.0719 e. The molecule has 0 unspecified atom stereocenters. The molecule has 0 saturated carbocycles. The number of aryl methyl sites for hydroxylation is 2. The molecule has 12 aromatic carbocycles. The Morgan fingerprint density at radius 3 is 1.26 bits per heavy atom. The lowest BCUT2D eigenvalue weighted by Crippen LogP contribution is -2.29. The third-order valence-corrected chi connectivity index (χ3v) is 14.6. The van der Waals surface area contributed by atoms with E-state index in [4.69, 9.17) is 0 Å². The summed E-state index contributed by atoms with van der Waals surface area (Å²) in [6, 6.07) is 92.8. The van der Waals surface area contributed by atoms with Crippen molar-refractivity contribution in [2.75, 3.05) is 4.90 Å². The first-order valence-electron chi connectivity index (χ1n) is 23.8. The lowest BCUT2D eigenvalue weighted by Gasteiger charge is -2.35. The number of anilines is 3. The van der Waals surface area contributed by atoms with E-state index < -0.39 is 5.41 Å².